The molecule has 82 valence electrons. The highest BCUT2D eigenvalue weighted by Gasteiger charge is 2.38. The van der Waals surface area contributed by atoms with E-state index in [1.165, 1.54) is 5.56 Å². The van der Waals surface area contributed by atoms with E-state index in [1.54, 1.807) is 7.11 Å². The average molecular weight is 208 g/mol. The molecule has 1 aliphatic heterocycles. The summed E-state index contributed by atoms with van der Waals surface area (Å²) >= 11 is 0. The molecule has 15 heavy (non-hydrogen) atoms. The molecule has 1 aromatic carbocycles. The van der Waals surface area contributed by atoms with Gasteiger partial charge in [-0.15, -0.1) is 0 Å². The van der Waals surface area contributed by atoms with E-state index in [4.69, 9.17) is 14.2 Å². The Balaban J connectivity index is 1.67. The summed E-state index contributed by atoms with van der Waals surface area (Å²) in [5, 5.41) is 0. The van der Waals surface area contributed by atoms with Crippen LogP contribution in [0.3, 0.4) is 0 Å². The van der Waals surface area contributed by atoms with Gasteiger partial charge < -0.3 is 14.2 Å². The van der Waals surface area contributed by atoms with E-state index in [2.05, 4.69) is 12.1 Å². The second-order valence-corrected chi connectivity index (χ2v) is 3.68. The van der Waals surface area contributed by atoms with Gasteiger partial charge in [0.2, 0.25) is 0 Å². The first-order valence-corrected chi connectivity index (χ1v) is 5.16. The first kappa shape index (κ1) is 10.6. The van der Waals surface area contributed by atoms with Gasteiger partial charge in [0.05, 0.1) is 12.7 Å². The normalized spacial score (nSPS) is 24.1. The van der Waals surface area contributed by atoms with Crippen LogP contribution < -0.4 is 0 Å². The maximum Gasteiger partial charge on any atom is 0.146 e. The summed E-state index contributed by atoms with van der Waals surface area (Å²) in [5.41, 5.74) is 1.32. The molecule has 2 atom stereocenters. The minimum absolute atomic E-state index is 0.250. The molecule has 1 heterocycles. The number of hydrogen-bond acceptors (Lipinski definition) is 3. The van der Waals surface area contributed by atoms with Crippen molar-refractivity contribution in [3.05, 3.63) is 35.9 Å². The Kier molecular flexibility index (Phi) is 3.72. The van der Waals surface area contributed by atoms with Gasteiger partial charge in [-0.1, -0.05) is 30.3 Å². The highest BCUT2D eigenvalue weighted by molar-refractivity contribution is 5.17. The summed E-state index contributed by atoms with van der Waals surface area (Å²) in [6.45, 7) is 0.975. The molecule has 0 radical (unpaired) electrons. The van der Waals surface area contributed by atoms with Gasteiger partial charge in [0.1, 0.15) is 12.9 Å². The van der Waals surface area contributed by atoms with Crippen LogP contribution >= 0.6 is 0 Å². The first-order valence-electron chi connectivity index (χ1n) is 5.16. The van der Waals surface area contributed by atoms with Crippen LogP contribution in [0.15, 0.2) is 30.3 Å². The fraction of sp³-hybridized carbons (Fsp3) is 0.500. The van der Waals surface area contributed by atoms with Gasteiger partial charge in [0, 0.05) is 13.5 Å². The Morgan fingerprint density at radius 1 is 1.20 bits per heavy atom. The van der Waals surface area contributed by atoms with Gasteiger partial charge in [0.25, 0.3) is 0 Å². The summed E-state index contributed by atoms with van der Waals surface area (Å²) in [5.74, 6) is 0. The van der Waals surface area contributed by atoms with Gasteiger partial charge in [-0.3, -0.25) is 0 Å². The molecule has 0 aromatic heterocycles. The van der Waals surface area contributed by atoms with Crippen molar-refractivity contribution in [3.8, 4) is 0 Å². The average Bonchev–Trinajstić information content (AvgIpc) is 2.99. The van der Waals surface area contributed by atoms with Crippen molar-refractivity contribution in [1.82, 2.24) is 0 Å². The Morgan fingerprint density at radius 3 is 2.73 bits per heavy atom. The summed E-state index contributed by atoms with van der Waals surface area (Å²) in [6.07, 6.45) is 1.55. The third-order valence-electron chi connectivity index (χ3n) is 2.45. The van der Waals surface area contributed by atoms with E-state index in [-0.39, 0.29) is 6.10 Å². The molecule has 0 saturated carbocycles. The molecule has 0 spiro atoms. The minimum atomic E-state index is 0.250. The van der Waals surface area contributed by atoms with Crippen LogP contribution in [0.5, 0.6) is 0 Å². The lowest BCUT2D eigenvalue weighted by atomic mass is 10.1. The highest BCUT2D eigenvalue weighted by Crippen LogP contribution is 2.26. The number of epoxide rings is 1. The van der Waals surface area contributed by atoms with Crippen molar-refractivity contribution in [2.75, 3.05) is 20.5 Å². The topological polar surface area (TPSA) is 31.0 Å². The van der Waals surface area contributed by atoms with E-state index in [0.29, 0.717) is 19.5 Å². The third kappa shape index (κ3) is 3.30. The van der Waals surface area contributed by atoms with Crippen molar-refractivity contribution in [2.45, 2.75) is 18.6 Å². The first-order chi connectivity index (χ1) is 7.40. The molecule has 0 aliphatic carbocycles. The number of ether oxygens (including phenoxy) is 3. The van der Waals surface area contributed by atoms with Crippen LogP contribution in [0.2, 0.25) is 0 Å². The molecule has 0 amide bonds. The third-order valence-corrected chi connectivity index (χ3v) is 2.45. The summed E-state index contributed by atoms with van der Waals surface area (Å²) in [4.78, 5) is 0. The lowest BCUT2D eigenvalue weighted by Gasteiger charge is -1.99. The van der Waals surface area contributed by atoms with Crippen LogP contribution in [-0.4, -0.2) is 32.7 Å². The number of methoxy groups -OCH3 is 1. The number of rotatable bonds is 6. The molecule has 2 rings (SSSR count). The predicted molar refractivity (Wildman–Crippen MR) is 56.6 cm³/mol. The molecule has 1 saturated heterocycles. The Bertz CT molecular complexity index is 286. The van der Waals surface area contributed by atoms with Gasteiger partial charge in [-0.05, 0) is 5.56 Å². The van der Waals surface area contributed by atoms with Crippen LogP contribution in [0.1, 0.15) is 5.56 Å². The summed E-state index contributed by atoms with van der Waals surface area (Å²) < 4.78 is 15.5. The maximum absolute atomic E-state index is 5.49. The standard InChI is InChI=1S/C12H16O3/c1-13-9-14-8-12-11(15-12)7-10-5-3-2-4-6-10/h2-6,11-12H,7-9H2,1H3/t11-,12-/m0/s1. The Labute approximate surface area is 90.0 Å². The van der Waals surface area contributed by atoms with E-state index >= 15 is 0 Å². The lowest BCUT2D eigenvalue weighted by molar-refractivity contribution is -0.0351. The van der Waals surface area contributed by atoms with Crippen LogP contribution in [-0.2, 0) is 20.6 Å². The molecule has 3 heteroatoms. The fourth-order valence-corrected chi connectivity index (χ4v) is 1.60. The lowest BCUT2D eigenvalue weighted by Crippen LogP contribution is -2.08. The van der Waals surface area contributed by atoms with Gasteiger partial charge in [-0.2, -0.15) is 0 Å². The molecular formula is C12H16O3. The molecule has 1 aliphatic rings. The second-order valence-electron chi connectivity index (χ2n) is 3.68. The van der Waals surface area contributed by atoms with Crippen LogP contribution in [0.4, 0.5) is 0 Å². The molecular weight excluding hydrogens is 192 g/mol. The SMILES string of the molecule is COCOC[C@@H]1O[C@H]1Cc1ccccc1. The van der Waals surface area contributed by atoms with E-state index in [0.717, 1.165) is 6.42 Å². The van der Waals surface area contributed by atoms with Gasteiger partial charge in [0.15, 0.2) is 0 Å². The maximum atomic E-state index is 5.49. The number of hydrogen-bond donors (Lipinski definition) is 0. The Morgan fingerprint density at radius 2 is 2.00 bits per heavy atom. The zero-order chi connectivity index (χ0) is 10.5. The quantitative estimate of drug-likeness (QED) is 0.404. The van der Waals surface area contributed by atoms with E-state index in [9.17, 15) is 0 Å². The molecule has 3 nitrogen and oxygen atoms in total. The molecule has 0 unspecified atom stereocenters. The smallest absolute Gasteiger partial charge is 0.146 e. The van der Waals surface area contributed by atoms with Gasteiger partial charge >= 0.3 is 0 Å². The molecule has 0 N–H and O–H groups in total. The molecule has 1 fully saturated rings. The molecule has 1 aromatic rings. The van der Waals surface area contributed by atoms with E-state index in [1.807, 2.05) is 18.2 Å². The monoisotopic (exact) mass is 208 g/mol. The highest BCUT2D eigenvalue weighted by atomic mass is 16.7. The zero-order valence-electron chi connectivity index (χ0n) is 8.89. The largest absolute Gasteiger partial charge is 0.367 e. The Hall–Kier alpha value is -0.900. The predicted octanol–water partition coefficient (Wildman–Crippen LogP) is 1.62. The number of benzene rings is 1. The second kappa shape index (κ2) is 5.26. The van der Waals surface area contributed by atoms with Gasteiger partial charge in [-0.25, -0.2) is 0 Å². The summed E-state index contributed by atoms with van der Waals surface area (Å²) in [7, 11) is 1.62. The van der Waals surface area contributed by atoms with Crippen molar-refractivity contribution in [3.63, 3.8) is 0 Å². The van der Waals surface area contributed by atoms with Crippen molar-refractivity contribution in [2.24, 2.45) is 0 Å². The van der Waals surface area contributed by atoms with Crippen LogP contribution in [0.25, 0.3) is 0 Å². The fourth-order valence-electron chi connectivity index (χ4n) is 1.60. The van der Waals surface area contributed by atoms with Crippen molar-refractivity contribution in [1.29, 1.82) is 0 Å². The van der Waals surface area contributed by atoms with Crippen molar-refractivity contribution >= 4 is 0 Å². The molecule has 0 bridgehead atoms. The van der Waals surface area contributed by atoms with E-state index < -0.39 is 0 Å². The summed E-state index contributed by atoms with van der Waals surface area (Å²) in [6, 6.07) is 10.4. The van der Waals surface area contributed by atoms with Crippen molar-refractivity contribution < 1.29 is 14.2 Å². The zero-order valence-corrected chi connectivity index (χ0v) is 8.89. The van der Waals surface area contributed by atoms with Crippen LogP contribution in [0, 0.1) is 0 Å². The minimum Gasteiger partial charge on any atom is -0.367 e.